The van der Waals surface area contributed by atoms with Crippen LogP contribution in [-0.4, -0.2) is 38.2 Å². The molecule has 33 heavy (non-hydrogen) atoms. The lowest BCUT2D eigenvalue weighted by Gasteiger charge is -2.13. The fourth-order valence-electron chi connectivity index (χ4n) is 3.42. The summed E-state index contributed by atoms with van der Waals surface area (Å²) in [6, 6.07) is 11.3. The van der Waals surface area contributed by atoms with Crippen LogP contribution in [0.2, 0.25) is 0 Å². The van der Waals surface area contributed by atoms with E-state index in [-0.39, 0.29) is 11.5 Å². The molecule has 3 aromatic rings. The maximum absolute atomic E-state index is 13.4. The van der Waals surface area contributed by atoms with Crippen LogP contribution in [0, 0.1) is 6.92 Å². The lowest BCUT2D eigenvalue weighted by Crippen LogP contribution is -2.28. The molecule has 9 heteroatoms. The predicted octanol–water partition coefficient (Wildman–Crippen LogP) is 4.01. The molecule has 3 heterocycles. The normalized spacial score (nSPS) is 14.8. The van der Waals surface area contributed by atoms with Crippen molar-refractivity contribution in [2.24, 2.45) is 0 Å². The molecule has 1 saturated heterocycles. The smallest absolute Gasteiger partial charge is 0.267 e. The lowest BCUT2D eigenvalue weighted by molar-refractivity contribution is -0.121. The molecule has 1 N–H and O–H groups in total. The molecule has 2 aromatic heterocycles. The molecular formula is C24H22N4O3S2. The first kappa shape index (κ1) is 22.8. The number of amides is 1. The van der Waals surface area contributed by atoms with Crippen molar-refractivity contribution < 1.29 is 9.53 Å². The van der Waals surface area contributed by atoms with Crippen LogP contribution < -0.4 is 15.6 Å². The first-order valence-corrected chi connectivity index (χ1v) is 11.4. The van der Waals surface area contributed by atoms with Crippen molar-refractivity contribution in [3.05, 3.63) is 87.2 Å². The molecule has 0 atom stereocenters. The quantitative estimate of drug-likeness (QED) is 0.312. The highest BCUT2D eigenvalue weighted by atomic mass is 32.2. The Kier molecular flexibility index (Phi) is 6.62. The van der Waals surface area contributed by atoms with Crippen LogP contribution >= 0.6 is 24.0 Å². The highest BCUT2D eigenvalue weighted by Crippen LogP contribution is 2.33. The van der Waals surface area contributed by atoms with E-state index in [9.17, 15) is 9.59 Å². The molecule has 0 saturated carbocycles. The number of pyridine rings is 1. The molecule has 0 aliphatic carbocycles. The van der Waals surface area contributed by atoms with Gasteiger partial charge in [-0.2, -0.15) is 0 Å². The number of thioether (sulfide) groups is 1. The Morgan fingerprint density at radius 2 is 2.00 bits per heavy atom. The second kappa shape index (κ2) is 9.60. The minimum Gasteiger partial charge on any atom is -0.497 e. The van der Waals surface area contributed by atoms with Gasteiger partial charge in [0.25, 0.3) is 11.5 Å². The molecule has 0 bridgehead atoms. The summed E-state index contributed by atoms with van der Waals surface area (Å²) in [5.74, 6) is 0.914. The van der Waals surface area contributed by atoms with Gasteiger partial charge >= 0.3 is 0 Å². The maximum atomic E-state index is 13.4. The number of thiocarbonyl (C=S) groups is 1. The molecule has 1 aliphatic rings. The van der Waals surface area contributed by atoms with Gasteiger partial charge in [-0.15, -0.1) is 6.58 Å². The second-order valence-electron chi connectivity index (χ2n) is 7.35. The zero-order chi connectivity index (χ0) is 23.5. The number of nitrogens with zero attached hydrogens (tertiary/aromatic N) is 3. The molecule has 1 fully saturated rings. The van der Waals surface area contributed by atoms with Gasteiger partial charge in [-0.25, -0.2) is 4.98 Å². The number of hydrogen-bond donors (Lipinski definition) is 1. The monoisotopic (exact) mass is 478 g/mol. The number of ether oxygens (including phenoxy) is 1. The third-order valence-corrected chi connectivity index (χ3v) is 6.54. The number of methoxy groups -OCH3 is 1. The Balaban J connectivity index is 1.77. The van der Waals surface area contributed by atoms with E-state index in [0.29, 0.717) is 39.3 Å². The van der Waals surface area contributed by atoms with Gasteiger partial charge in [0.2, 0.25) is 0 Å². The Bertz CT molecular complexity index is 1350. The number of aryl methyl sites for hydroxylation is 1. The molecular weight excluding hydrogens is 456 g/mol. The molecule has 7 nitrogen and oxygen atoms in total. The van der Waals surface area contributed by atoms with Gasteiger partial charge in [0.15, 0.2) is 0 Å². The van der Waals surface area contributed by atoms with Crippen LogP contribution in [0.1, 0.15) is 16.7 Å². The summed E-state index contributed by atoms with van der Waals surface area (Å²) >= 11 is 6.49. The van der Waals surface area contributed by atoms with Crippen molar-refractivity contribution in [2.45, 2.75) is 13.5 Å². The van der Waals surface area contributed by atoms with E-state index < -0.39 is 0 Å². The predicted molar refractivity (Wildman–Crippen MR) is 137 cm³/mol. The number of anilines is 1. The van der Waals surface area contributed by atoms with E-state index in [2.05, 4.69) is 11.9 Å². The zero-order valence-electron chi connectivity index (χ0n) is 18.2. The van der Waals surface area contributed by atoms with Gasteiger partial charge in [-0.05, 0) is 42.3 Å². The van der Waals surface area contributed by atoms with Crippen molar-refractivity contribution in [3.63, 3.8) is 0 Å². The molecule has 0 radical (unpaired) electrons. The van der Waals surface area contributed by atoms with Crippen molar-refractivity contribution in [1.29, 1.82) is 0 Å². The SMILES string of the molecule is C=CCN1C(=O)/C(=C/c2c(NCc3ccc(OC)cc3)nc3c(C)cccn3c2=O)SC1=S. The fraction of sp³-hybridized carbons (Fsp3) is 0.167. The summed E-state index contributed by atoms with van der Waals surface area (Å²) in [6.45, 7) is 6.33. The molecule has 1 amide bonds. The van der Waals surface area contributed by atoms with Crippen LogP contribution in [0.15, 0.2) is 64.9 Å². The summed E-state index contributed by atoms with van der Waals surface area (Å²) in [6.07, 6.45) is 4.86. The number of nitrogens with one attached hydrogen (secondary N) is 1. The van der Waals surface area contributed by atoms with Crippen molar-refractivity contribution >= 4 is 51.7 Å². The lowest BCUT2D eigenvalue weighted by atomic mass is 10.2. The van der Waals surface area contributed by atoms with Gasteiger partial charge in [0, 0.05) is 19.3 Å². The van der Waals surface area contributed by atoms with Crippen molar-refractivity contribution in [3.8, 4) is 5.75 Å². The van der Waals surface area contributed by atoms with Crippen LogP contribution in [0.5, 0.6) is 5.75 Å². The van der Waals surface area contributed by atoms with E-state index in [1.54, 1.807) is 31.5 Å². The molecule has 168 valence electrons. The van der Waals surface area contributed by atoms with Gasteiger partial charge in [-0.1, -0.05) is 48.3 Å². The van der Waals surface area contributed by atoms with Crippen LogP contribution in [0.4, 0.5) is 5.82 Å². The van der Waals surface area contributed by atoms with Crippen LogP contribution in [0.25, 0.3) is 11.7 Å². The molecule has 4 rings (SSSR count). The van der Waals surface area contributed by atoms with E-state index in [4.69, 9.17) is 21.9 Å². The number of aromatic nitrogens is 2. The highest BCUT2D eigenvalue weighted by Gasteiger charge is 2.31. The Labute approximate surface area is 200 Å². The van der Waals surface area contributed by atoms with E-state index in [0.717, 1.165) is 28.6 Å². The topological polar surface area (TPSA) is 75.9 Å². The number of carbonyl (C=O) groups is 1. The number of rotatable bonds is 7. The Morgan fingerprint density at radius 1 is 1.24 bits per heavy atom. The zero-order valence-corrected chi connectivity index (χ0v) is 19.8. The first-order valence-electron chi connectivity index (χ1n) is 10.2. The Hall–Kier alpha value is -3.43. The molecule has 0 spiro atoms. The average Bonchev–Trinajstić information content (AvgIpc) is 3.08. The minimum absolute atomic E-state index is 0.250. The minimum atomic E-state index is -0.269. The number of hydrogen-bond acceptors (Lipinski definition) is 7. The van der Waals surface area contributed by atoms with Crippen LogP contribution in [-0.2, 0) is 11.3 Å². The van der Waals surface area contributed by atoms with Crippen molar-refractivity contribution in [1.82, 2.24) is 14.3 Å². The standard InChI is InChI=1S/C24H22N4O3S2/c1-4-11-28-23(30)19(33-24(28)32)13-18-20(25-14-16-7-9-17(31-3)10-8-16)26-21-15(2)6-5-12-27(21)22(18)29/h4-10,12-13,25H,1,11,14H2,2-3H3/b19-13-. The third-order valence-electron chi connectivity index (χ3n) is 5.16. The molecule has 1 aromatic carbocycles. The van der Waals surface area contributed by atoms with Gasteiger partial charge < -0.3 is 10.1 Å². The first-order chi connectivity index (χ1) is 15.9. The summed E-state index contributed by atoms with van der Waals surface area (Å²) < 4.78 is 7.13. The second-order valence-corrected chi connectivity index (χ2v) is 9.02. The van der Waals surface area contributed by atoms with Crippen LogP contribution in [0.3, 0.4) is 0 Å². The maximum Gasteiger partial charge on any atom is 0.267 e. The van der Waals surface area contributed by atoms with E-state index >= 15 is 0 Å². The van der Waals surface area contributed by atoms with E-state index in [1.807, 2.05) is 37.3 Å². The van der Waals surface area contributed by atoms with Crippen molar-refractivity contribution in [2.75, 3.05) is 19.0 Å². The molecule has 1 aliphatic heterocycles. The summed E-state index contributed by atoms with van der Waals surface area (Å²) in [5, 5.41) is 3.27. The molecule has 0 unspecified atom stereocenters. The van der Waals surface area contributed by atoms with Gasteiger partial charge in [0.1, 0.15) is 21.5 Å². The summed E-state index contributed by atoms with van der Waals surface area (Å²) in [5.41, 5.74) is 2.44. The fourth-order valence-corrected chi connectivity index (χ4v) is 4.68. The number of carbonyl (C=O) groups excluding carboxylic acids is 1. The number of fused-ring (bicyclic) bond motifs is 1. The Morgan fingerprint density at radius 3 is 2.70 bits per heavy atom. The van der Waals surface area contributed by atoms with Gasteiger partial charge in [0.05, 0.1) is 17.6 Å². The summed E-state index contributed by atoms with van der Waals surface area (Å²) in [7, 11) is 1.62. The summed E-state index contributed by atoms with van der Waals surface area (Å²) in [4.78, 5) is 32.8. The third kappa shape index (κ3) is 4.55. The highest BCUT2D eigenvalue weighted by molar-refractivity contribution is 8.26. The van der Waals surface area contributed by atoms with E-state index in [1.165, 1.54) is 9.30 Å². The largest absolute Gasteiger partial charge is 0.497 e. The number of benzene rings is 1. The average molecular weight is 479 g/mol. The van der Waals surface area contributed by atoms with Gasteiger partial charge in [-0.3, -0.25) is 18.9 Å².